The highest BCUT2D eigenvalue weighted by molar-refractivity contribution is 6.00. The van der Waals surface area contributed by atoms with E-state index in [1.54, 1.807) is 11.6 Å². The number of aryl methyl sites for hydroxylation is 1. The number of alkyl halides is 3. The fourth-order valence-corrected chi connectivity index (χ4v) is 1.98. The minimum Gasteiger partial charge on any atom is -0.333 e. The van der Waals surface area contributed by atoms with Crippen LogP contribution < -0.4 is 5.56 Å². The highest BCUT2D eigenvalue weighted by atomic mass is 19.4. The van der Waals surface area contributed by atoms with E-state index in [1.165, 1.54) is 12.4 Å². The lowest BCUT2D eigenvalue weighted by atomic mass is 10.2. The van der Waals surface area contributed by atoms with E-state index < -0.39 is 17.4 Å². The molecule has 0 aliphatic heterocycles. The number of H-pyrrole nitrogens is 1. The third-order valence-corrected chi connectivity index (χ3v) is 2.82. The number of halogens is 3. The molecule has 3 aromatic heterocycles. The normalized spacial score (nSPS) is 12.4. The van der Waals surface area contributed by atoms with Crippen LogP contribution >= 0.6 is 0 Å². The lowest BCUT2D eigenvalue weighted by molar-refractivity contribution is -0.141. The molecule has 0 spiro atoms. The molecule has 0 atom stereocenters. The molecule has 0 saturated heterocycles. The Bertz CT molecular complexity index is 847. The lowest BCUT2D eigenvalue weighted by Gasteiger charge is -2.07. The van der Waals surface area contributed by atoms with Gasteiger partial charge in [0.05, 0.1) is 11.8 Å². The Kier molecular flexibility index (Phi) is 2.19. The predicted octanol–water partition coefficient (Wildman–Crippen LogP) is 1.83. The standard InChI is InChI=1S/C11H7F3N4O/c1-18-4-15-7-8(18)5-2-3-6(11(12,13)14)16-9(5)17-10(7)19/h2-4H,1H3,(H,16,17,19). The smallest absolute Gasteiger partial charge is 0.333 e. The predicted molar refractivity (Wildman–Crippen MR) is 61.6 cm³/mol. The molecule has 3 heterocycles. The molecule has 0 aliphatic carbocycles. The molecular formula is C11H7F3N4O. The number of nitrogens with zero attached hydrogens (tertiary/aromatic N) is 3. The van der Waals surface area contributed by atoms with Crippen molar-refractivity contribution in [1.82, 2.24) is 19.5 Å². The van der Waals surface area contributed by atoms with Crippen LogP contribution in [0, 0.1) is 0 Å². The van der Waals surface area contributed by atoms with Crippen LogP contribution in [-0.4, -0.2) is 19.5 Å². The molecule has 98 valence electrons. The molecule has 3 aromatic rings. The Hall–Kier alpha value is -2.38. The second-order valence-electron chi connectivity index (χ2n) is 4.10. The second-order valence-corrected chi connectivity index (χ2v) is 4.10. The zero-order valence-electron chi connectivity index (χ0n) is 9.62. The summed E-state index contributed by atoms with van der Waals surface area (Å²) in [6.07, 6.45) is -3.12. The summed E-state index contributed by atoms with van der Waals surface area (Å²) in [6, 6.07) is 2.16. The van der Waals surface area contributed by atoms with E-state index in [1.807, 2.05) is 0 Å². The van der Waals surface area contributed by atoms with E-state index in [2.05, 4.69) is 15.0 Å². The van der Waals surface area contributed by atoms with Gasteiger partial charge in [-0.05, 0) is 12.1 Å². The van der Waals surface area contributed by atoms with E-state index in [0.29, 0.717) is 10.9 Å². The maximum absolute atomic E-state index is 12.6. The van der Waals surface area contributed by atoms with Gasteiger partial charge in [-0.2, -0.15) is 13.2 Å². The highest BCUT2D eigenvalue weighted by Gasteiger charge is 2.32. The van der Waals surface area contributed by atoms with Crippen LogP contribution in [0.2, 0.25) is 0 Å². The van der Waals surface area contributed by atoms with Gasteiger partial charge in [0.2, 0.25) is 0 Å². The zero-order chi connectivity index (χ0) is 13.8. The molecule has 0 saturated carbocycles. The van der Waals surface area contributed by atoms with Gasteiger partial charge in [0, 0.05) is 12.4 Å². The number of fused-ring (bicyclic) bond motifs is 3. The number of hydrogen-bond acceptors (Lipinski definition) is 3. The molecule has 0 radical (unpaired) electrons. The Morgan fingerprint density at radius 2 is 2.05 bits per heavy atom. The van der Waals surface area contributed by atoms with Crippen molar-refractivity contribution in [1.29, 1.82) is 0 Å². The molecule has 0 aromatic carbocycles. The molecule has 0 fully saturated rings. The van der Waals surface area contributed by atoms with Gasteiger partial charge < -0.3 is 9.55 Å². The van der Waals surface area contributed by atoms with Crippen molar-refractivity contribution in [2.24, 2.45) is 7.05 Å². The third-order valence-electron chi connectivity index (χ3n) is 2.82. The average Bonchev–Trinajstić information content (AvgIpc) is 2.71. The monoisotopic (exact) mass is 268 g/mol. The van der Waals surface area contributed by atoms with Crippen molar-refractivity contribution in [3.8, 4) is 0 Å². The number of aromatic nitrogens is 4. The van der Waals surface area contributed by atoms with Crippen molar-refractivity contribution >= 4 is 22.1 Å². The Morgan fingerprint density at radius 3 is 2.74 bits per heavy atom. The molecule has 0 aliphatic rings. The fraction of sp³-hybridized carbons (Fsp3) is 0.182. The van der Waals surface area contributed by atoms with Gasteiger partial charge in [-0.3, -0.25) is 4.79 Å². The first-order valence-corrected chi connectivity index (χ1v) is 5.29. The van der Waals surface area contributed by atoms with Gasteiger partial charge in [0.1, 0.15) is 11.3 Å². The fourth-order valence-electron chi connectivity index (χ4n) is 1.98. The van der Waals surface area contributed by atoms with Crippen LogP contribution in [0.3, 0.4) is 0 Å². The first-order valence-electron chi connectivity index (χ1n) is 5.29. The molecule has 1 N–H and O–H groups in total. The van der Waals surface area contributed by atoms with Gasteiger partial charge in [-0.15, -0.1) is 0 Å². The number of aromatic amines is 1. The van der Waals surface area contributed by atoms with E-state index in [-0.39, 0.29) is 11.2 Å². The maximum atomic E-state index is 12.6. The summed E-state index contributed by atoms with van der Waals surface area (Å²) in [6.45, 7) is 0. The quantitative estimate of drug-likeness (QED) is 0.676. The molecular weight excluding hydrogens is 261 g/mol. The van der Waals surface area contributed by atoms with Crippen LogP contribution in [0.1, 0.15) is 5.69 Å². The van der Waals surface area contributed by atoms with E-state index in [4.69, 9.17) is 0 Å². The topological polar surface area (TPSA) is 63.6 Å². The van der Waals surface area contributed by atoms with Crippen LogP contribution in [0.15, 0.2) is 23.3 Å². The Labute approximate surface area is 103 Å². The molecule has 8 heteroatoms. The minimum atomic E-state index is -4.55. The average molecular weight is 268 g/mol. The van der Waals surface area contributed by atoms with E-state index >= 15 is 0 Å². The number of pyridine rings is 2. The van der Waals surface area contributed by atoms with Gasteiger partial charge in [-0.25, -0.2) is 9.97 Å². The number of nitrogens with one attached hydrogen (secondary N) is 1. The van der Waals surface area contributed by atoms with Crippen LogP contribution in [0.5, 0.6) is 0 Å². The van der Waals surface area contributed by atoms with Gasteiger partial charge >= 0.3 is 6.18 Å². The lowest BCUT2D eigenvalue weighted by Crippen LogP contribution is -2.12. The highest BCUT2D eigenvalue weighted by Crippen LogP contribution is 2.29. The van der Waals surface area contributed by atoms with Crippen LogP contribution in [0.25, 0.3) is 22.1 Å². The first-order chi connectivity index (χ1) is 8.88. The summed E-state index contributed by atoms with van der Waals surface area (Å²) in [5.74, 6) is 0. The van der Waals surface area contributed by atoms with Crippen molar-refractivity contribution < 1.29 is 13.2 Å². The molecule has 5 nitrogen and oxygen atoms in total. The molecule has 0 unspecified atom stereocenters. The van der Waals surface area contributed by atoms with Gasteiger partial charge in [-0.1, -0.05) is 0 Å². The van der Waals surface area contributed by atoms with Gasteiger partial charge in [0.15, 0.2) is 5.52 Å². The van der Waals surface area contributed by atoms with Crippen molar-refractivity contribution in [3.05, 3.63) is 34.5 Å². The van der Waals surface area contributed by atoms with Crippen LogP contribution in [0.4, 0.5) is 13.2 Å². The molecule has 19 heavy (non-hydrogen) atoms. The summed E-state index contributed by atoms with van der Waals surface area (Å²) in [5.41, 5.74) is -1.07. The van der Waals surface area contributed by atoms with Crippen molar-refractivity contribution in [2.45, 2.75) is 6.18 Å². The van der Waals surface area contributed by atoms with E-state index in [9.17, 15) is 18.0 Å². The minimum absolute atomic E-state index is 0.101. The number of rotatable bonds is 0. The SMILES string of the molecule is Cn1cnc2c(=O)[nH]c3nc(C(F)(F)F)ccc3c21. The number of hydrogen-bond donors (Lipinski definition) is 1. The van der Waals surface area contributed by atoms with Crippen LogP contribution in [-0.2, 0) is 13.2 Å². The third kappa shape index (κ3) is 1.67. The first kappa shape index (κ1) is 11.7. The summed E-state index contributed by atoms with van der Waals surface area (Å²) < 4.78 is 39.3. The summed E-state index contributed by atoms with van der Waals surface area (Å²) >= 11 is 0. The largest absolute Gasteiger partial charge is 0.433 e. The molecule has 0 amide bonds. The zero-order valence-corrected chi connectivity index (χ0v) is 9.62. The second kappa shape index (κ2) is 3.56. The maximum Gasteiger partial charge on any atom is 0.433 e. The summed E-state index contributed by atoms with van der Waals surface area (Å²) in [5, 5.41) is 0.419. The number of imidazole rings is 1. The molecule has 3 rings (SSSR count). The van der Waals surface area contributed by atoms with Crippen molar-refractivity contribution in [2.75, 3.05) is 0 Å². The molecule has 0 bridgehead atoms. The Morgan fingerprint density at radius 1 is 1.32 bits per heavy atom. The van der Waals surface area contributed by atoms with E-state index in [0.717, 1.165) is 6.07 Å². The summed E-state index contributed by atoms with van der Waals surface area (Å²) in [4.78, 5) is 21.4. The Balaban J connectivity index is 2.46. The van der Waals surface area contributed by atoms with Gasteiger partial charge in [0.25, 0.3) is 5.56 Å². The van der Waals surface area contributed by atoms with Crippen molar-refractivity contribution in [3.63, 3.8) is 0 Å². The summed E-state index contributed by atoms with van der Waals surface area (Å²) in [7, 11) is 1.66.